The lowest BCUT2D eigenvalue weighted by Gasteiger charge is -2.06. The molecule has 0 unspecified atom stereocenters. The topological polar surface area (TPSA) is 86.7 Å². The summed E-state index contributed by atoms with van der Waals surface area (Å²) < 4.78 is 7.46. The number of aryl methyl sites for hydroxylation is 1. The van der Waals surface area contributed by atoms with Crippen molar-refractivity contribution in [3.63, 3.8) is 0 Å². The molecule has 0 amide bonds. The van der Waals surface area contributed by atoms with Gasteiger partial charge in [0.15, 0.2) is 16.9 Å². The number of rotatable bonds is 3. The normalized spacial score (nSPS) is 10.8. The third-order valence-corrected chi connectivity index (χ3v) is 3.65. The highest BCUT2D eigenvalue weighted by Gasteiger charge is 2.15. The minimum Gasteiger partial charge on any atom is -0.415 e. The average molecular weight is 331 g/mol. The summed E-state index contributed by atoms with van der Waals surface area (Å²) in [5, 5.41) is 8.18. The van der Waals surface area contributed by atoms with Gasteiger partial charge in [-0.05, 0) is 19.1 Å². The van der Waals surface area contributed by atoms with Crippen molar-refractivity contribution in [3.8, 4) is 28.9 Å². The zero-order chi connectivity index (χ0) is 17.2. The molecule has 0 atom stereocenters. The SMILES string of the molecule is Cc1ncc(-n2ccc(=O)cc2)nc1-c1nnc(-c2ccccc2)o1. The summed E-state index contributed by atoms with van der Waals surface area (Å²) >= 11 is 0. The van der Waals surface area contributed by atoms with Crippen molar-refractivity contribution >= 4 is 0 Å². The van der Waals surface area contributed by atoms with Gasteiger partial charge in [-0.3, -0.25) is 9.78 Å². The van der Waals surface area contributed by atoms with E-state index in [1.54, 1.807) is 23.2 Å². The minimum atomic E-state index is -0.0686. The molecule has 1 aromatic carbocycles. The second-order valence-electron chi connectivity index (χ2n) is 5.38. The van der Waals surface area contributed by atoms with E-state index in [0.717, 1.165) is 5.56 Å². The van der Waals surface area contributed by atoms with E-state index in [0.29, 0.717) is 29.0 Å². The molecule has 0 spiro atoms. The van der Waals surface area contributed by atoms with Crippen LogP contribution in [0.3, 0.4) is 0 Å². The number of hydrogen-bond donors (Lipinski definition) is 0. The first-order valence-corrected chi connectivity index (χ1v) is 7.62. The fourth-order valence-electron chi connectivity index (χ4n) is 2.35. The molecule has 0 saturated heterocycles. The van der Waals surface area contributed by atoms with Crippen LogP contribution in [0.5, 0.6) is 0 Å². The molecule has 0 N–H and O–H groups in total. The minimum absolute atomic E-state index is 0.0686. The van der Waals surface area contributed by atoms with Crippen molar-refractivity contribution in [2.75, 3.05) is 0 Å². The second kappa shape index (κ2) is 6.12. The number of nitrogens with zero attached hydrogens (tertiary/aromatic N) is 5. The Labute approximate surface area is 142 Å². The first-order valence-electron chi connectivity index (χ1n) is 7.62. The molecule has 25 heavy (non-hydrogen) atoms. The van der Waals surface area contributed by atoms with Crippen molar-refractivity contribution in [3.05, 3.63) is 77.0 Å². The summed E-state index contributed by atoms with van der Waals surface area (Å²) in [7, 11) is 0. The summed E-state index contributed by atoms with van der Waals surface area (Å²) in [5.41, 5.74) is 1.95. The van der Waals surface area contributed by atoms with E-state index >= 15 is 0 Å². The summed E-state index contributed by atoms with van der Waals surface area (Å²) in [6.07, 6.45) is 4.89. The van der Waals surface area contributed by atoms with Gasteiger partial charge in [-0.15, -0.1) is 10.2 Å². The van der Waals surface area contributed by atoms with E-state index in [9.17, 15) is 4.79 Å². The molecule has 7 nitrogen and oxygen atoms in total. The van der Waals surface area contributed by atoms with Gasteiger partial charge in [-0.25, -0.2) is 4.98 Å². The van der Waals surface area contributed by atoms with Crippen LogP contribution in [0.25, 0.3) is 28.9 Å². The highest BCUT2D eigenvalue weighted by atomic mass is 16.4. The van der Waals surface area contributed by atoms with Crippen LogP contribution >= 0.6 is 0 Å². The third kappa shape index (κ3) is 2.94. The Morgan fingerprint density at radius 3 is 2.44 bits per heavy atom. The molecule has 0 radical (unpaired) electrons. The lowest BCUT2D eigenvalue weighted by atomic mass is 10.2. The summed E-state index contributed by atoms with van der Waals surface area (Å²) in [4.78, 5) is 20.1. The van der Waals surface area contributed by atoms with Crippen molar-refractivity contribution in [2.24, 2.45) is 0 Å². The number of hydrogen-bond acceptors (Lipinski definition) is 6. The van der Waals surface area contributed by atoms with E-state index in [1.165, 1.54) is 12.1 Å². The molecular weight excluding hydrogens is 318 g/mol. The van der Waals surface area contributed by atoms with E-state index in [1.807, 2.05) is 37.3 Å². The largest absolute Gasteiger partial charge is 0.415 e. The highest BCUT2D eigenvalue weighted by molar-refractivity contribution is 5.57. The van der Waals surface area contributed by atoms with Crippen molar-refractivity contribution in [1.29, 1.82) is 0 Å². The van der Waals surface area contributed by atoms with Gasteiger partial charge in [0.05, 0.1) is 11.9 Å². The molecular formula is C18H13N5O2. The summed E-state index contributed by atoms with van der Waals surface area (Å²) in [6.45, 7) is 1.82. The fraction of sp³-hybridized carbons (Fsp3) is 0.0556. The standard InChI is InChI=1S/C18H13N5O2/c1-12-16(18-22-21-17(25-18)13-5-3-2-4-6-13)20-15(11-19-12)23-9-7-14(24)8-10-23/h2-11H,1H3. The van der Waals surface area contributed by atoms with Crippen LogP contribution in [0.1, 0.15) is 5.69 Å². The van der Waals surface area contributed by atoms with Crippen LogP contribution in [0, 0.1) is 6.92 Å². The van der Waals surface area contributed by atoms with Crippen LogP contribution < -0.4 is 5.43 Å². The molecule has 0 aliphatic carbocycles. The Morgan fingerprint density at radius 1 is 0.960 bits per heavy atom. The van der Waals surface area contributed by atoms with E-state index in [2.05, 4.69) is 20.2 Å². The molecule has 0 aliphatic rings. The maximum absolute atomic E-state index is 11.3. The quantitative estimate of drug-likeness (QED) is 0.573. The number of pyridine rings is 1. The van der Waals surface area contributed by atoms with Gasteiger partial charge < -0.3 is 8.98 Å². The Morgan fingerprint density at radius 2 is 1.68 bits per heavy atom. The van der Waals surface area contributed by atoms with Crippen LogP contribution in [0.4, 0.5) is 0 Å². The summed E-state index contributed by atoms with van der Waals surface area (Å²) in [6, 6.07) is 12.4. The Kier molecular flexibility index (Phi) is 3.66. The van der Waals surface area contributed by atoms with E-state index in [4.69, 9.17) is 4.42 Å². The Hall–Kier alpha value is -3.61. The molecule has 4 rings (SSSR count). The van der Waals surface area contributed by atoms with Crippen LogP contribution in [-0.2, 0) is 0 Å². The zero-order valence-corrected chi connectivity index (χ0v) is 13.3. The molecule has 0 fully saturated rings. The van der Waals surface area contributed by atoms with Crippen molar-refractivity contribution in [1.82, 2.24) is 24.7 Å². The Bertz CT molecular complexity index is 1070. The van der Waals surface area contributed by atoms with Crippen LogP contribution in [0.2, 0.25) is 0 Å². The molecule has 3 aromatic heterocycles. The van der Waals surface area contributed by atoms with Crippen molar-refractivity contribution in [2.45, 2.75) is 6.92 Å². The Balaban J connectivity index is 1.75. The molecule has 122 valence electrons. The molecule has 0 saturated carbocycles. The number of benzene rings is 1. The van der Waals surface area contributed by atoms with Crippen molar-refractivity contribution < 1.29 is 4.42 Å². The van der Waals surface area contributed by atoms with Gasteiger partial charge in [-0.1, -0.05) is 18.2 Å². The lowest BCUT2D eigenvalue weighted by molar-refractivity contribution is 0.580. The number of aromatic nitrogens is 5. The first kappa shape index (κ1) is 14.9. The lowest BCUT2D eigenvalue weighted by Crippen LogP contribution is -2.05. The predicted molar refractivity (Wildman–Crippen MR) is 91.1 cm³/mol. The second-order valence-corrected chi connectivity index (χ2v) is 5.38. The molecule has 4 aromatic rings. The fourth-order valence-corrected chi connectivity index (χ4v) is 2.35. The van der Waals surface area contributed by atoms with E-state index < -0.39 is 0 Å². The molecule has 0 bridgehead atoms. The van der Waals surface area contributed by atoms with Gasteiger partial charge in [0.1, 0.15) is 0 Å². The average Bonchev–Trinajstić information content (AvgIpc) is 3.14. The zero-order valence-electron chi connectivity index (χ0n) is 13.3. The highest BCUT2D eigenvalue weighted by Crippen LogP contribution is 2.24. The van der Waals surface area contributed by atoms with Gasteiger partial charge in [0.25, 0.3) is 5.89 Å². The monoisotopic (exact) mass is 331 g/mol. The molecule has 0 aliphatic heterocycles. The van der Waals surface area contributed by atoms with Crippen LogP contribution in [-0.4, -0.2) is 24.7 Å². The maximum Gasteiger partial charge on any atom is 0.268 e. The van der Waals surface area contributed by atoms with Gasteiger partial charge in [0, 0.05) is 30.1 Å². The van der Waals surface area contributed by atoms with E-state index in [-0.39, 0.29) is 5.43 Å². The summed E-state index contributed by atoms with van der Waals surface area (Å²) in [5.74, 6) is 1.28. The molecule has 3 heterocycles. The third-order valence-electron chi connectivity index (χ3n) is 3.65. The van der Waals surface area contributed by atoms with Gasteiger partial charge in [-0.2, -0.15) is 0 Å². The first-order chi connectivity index (χ1) is 12.2. The molecule has 7 heteroatoms. The maximum atomic E-state index is 11.3. The van der Waals surface area contributed by atoms with Crippen LogP contribution in [0.15, 0.2) is 70.3 Å². The smallest absolute Gasteiger partial charge is 0.268 e. The predicted octanol–water partition coefficient (Wildman–Crippen LogP) is 2.65. The van der Waals surface area contributed by atoms with Gasteiger partial charge >= 0.3 is 0 Å². The van der Waals surface area contributed by atoms with Gasteiger partial charge in [0.2, 0.25) is 5.89 Å².